The maximum absolute atomic E-state index is 10.5. The number of rotatable bonds is 2. The van der Waals surface area contributed by atoms with Crippen LogP contribution in [-0.2, 0) is 0 Å². The van der Waals surface area contributed by atoms with Gasteiger partial charge < -0.3 is 14.6 Å². The highest BCUT2D eigenvalue weighted by Crippen LogP contribution is 2.33. The largest absolute Gasteiger partial charge is 0.454 e. The minimum Gasteiger partial charge on any atom is -0.454 e. The van der Waals surface area contributed by atoms with Crippen molar-refractivity contribution in [3.8, 4) is 11.5 Å². The Hall–Kier alpha value is -1.48. The summed E-state index contributed by atoms with van der Waals surface area (Å²) in [6.07, 6.45) is -1.91. The molecule has 1 aromatic carbocycles. The van der Waals surface area contributed by atoms with Gasteiger partial charge in [0.1, 0.15) is 2.74 Å². The molecule has 0 fully saturated rings. The highest BCUT2D eigenvalue weighted by atomic mass is 16.7. The SMILES string of the molecule is [2H]c1c([2H])c2c(c([2H])c1/C=C/C([2H])(O)C(C)(C([2H])([2H])[2H])C([2H])([2H])[2H])OC([2H])([2H])O2. The molecule has 3 nitrogen and oxygen atoms in total. The fourth-order valence-electron chi connectivity index (χ4n) is 1.05. The second kappa shape index (κ2) is 4.41. The zero-order valence-corrected chi connectivity index (χ0v) is 8.92. The van der Waals surface area contributed by atoms with Crippen LogP contribution in [0.5, 0.6) is 11.5 Å². The van der Waals surface area contributed by atoms with E-state index in [9.17, 15) is 5.11 Å². The topological polar surface area (TPSA) is 38.7 Å². The van der Waals surface area contributed by atoms with E-state index >= 15 is 0 Å². The van der Waals surface area contributed by atoms with Gasteiger partial charge in [0.25, 0.3) is 0 Å². The van der Waals surface area contributed by atoms with E-state index in [1.807, 2.05) is 0 Å². The Bertz CT molecular complexity index is 839. The van der Waals surface area contributed by atoms with Crippen molar-refractivity contribution in [3.05, 3.63) is 29.8 Å². The van der Waals surface area contributed by atoms with Crippen LogP contribution >= 0.6 is 0 Å². The van der Waals surface area contributed by atoms with Gasteiger partial charge in [-0.1, -0.05) is 38.8 Å². The van der Waals surface area contributed by atoms with E-state index in [1.54, 1.807) is 0 Å². The minimum atomic E-state index is -3.28. The van der Waals surface area contributed by atoms with Crippen LogP contribution in [-0.4, -0.2) is 17.9 Å². The quantitative estimate of drug-likeness (QED) is 0.872. The molecule has 1 N–H and O–H groups in total. The van der Waals surface area contributed by atoms with Gasteiger partial charge in [0.15, 0.2) is 11.5 Å². The van der Waals surface area contributed by atoms with Crippen LogP contribution in [0.4, 0.5) is 0 Å². The molecular weight excluding hydrogens is 216 g/mol. The molecule has 1 heterocycles. The van der Waals surface area contributed by atoms with Crippen molar-refractivity contribution in [2.75, 3.05) is 6.75 Å². The first-order chi connectivity index (χ1) is 12.8. The van der Waals surface area contributed by atoms with Crippen LogP contribution in [0.1, 0.15) is 42.6 Å². The van der Waals surface area contributed by atoms with Crippen molar-refractivity contribution in [3.63, 3.8) is 0 Å². The summed E-state index contributed by atoms with van der Waals surface area (Å²) in [4.78, 5) is 0. The lowest BCUT2D eigenvalue weighted by Gasteiger charge is -2.22. The number of benzene rings is 1. The maximum Gasteiger partial charge on any atom is 0.231 e. The van der Waals surface area contributed by atoms with E-state index in [0.29, 0.717) is 13.0 Å². The standard InChI is InChI=1S/C14H18O3/c1-14(2,3)13(15)7-5-10-4-6-11-12(8-10)17-9-16-11/h4-8,13,15H,9H2,1-3H3/b7-5+/i1D3,2D3,4D,6D,8D,9D2,13D. The van der Waals surface area contributed by atoms with Crippen molar-refractivity contribution in [2.24, 2.45) is 5.41 Å². The van der Waals surface area contributed by atoms with Crippen molar-refractivity contribution < 1.29 is 31.0 Å². The summed E-state index contributed by atoms with van der Waals surface area (Å²) in [5.74, 6) is -0.961. The van der Waals surface area contributed by atoms with Crippen LogP contribution in [0.2, 0.25) is 0 Å². The van der Waals surface area contributed by atoms with Gasteiger partial charge in [-0.25, -0.2) is 0 Å². The molecule has 0 aliphatic carbocycles. The molecule has 1 aliphatic rings. The van der Waals surface area contributed by atoms with Crippen LogP contribution in [0.15, 0.2) is 24.2 Å². The molecule has 92 valence electrons. The lowest BCUT2D eigenvalue weighted by molar-refractivity contribution is 0.106. The van der Waals surface area contributed by atoms with Gasteiger partial charge >= 0.3 is 0 Å². The summed E-state index contributed by atoms with van der Waals surface area (Å²) in [7, 11) is 0. The van der Waals surface area contributed by atoms with Crippen LogP contribution in [0, 0.1) is 5.41 Å². The number of ether oxygens (including phenoxy) is 2. The fourth-order valence-corrected chi connectivity index (χ4v) is 1.05. The smallest absolute Gasteiger partial charge is 0.231 e. The summed E-state index contributed by atoms with van der Waals surface area (Å²) in [6.45, 7) is -8.52. The molecule has 3 heteroatoms. The van der Waals surface area contributed by atoms with Gasteiger partial charge in [-0.05, 0) is 23.1 Å². The zero-order chi connectivity index (χ0) is 22.8. The van der Waals surface area contributed by atoms with E-state index < -0.39 is 67.1 Å². The second-order valence-electron chi connectivity index (χ2n) is 3.58. The minimum absolute atomic E-state index is 0.417. The van der Waals surface area contributed by atoms with Gasteiger partial charge in [0.05, 0.1) is 11.6 Å². The summed E-state index contributed by atoms with van der Waals surface area (Å²) in [6, 6.07) is -1.90. The Balaban J connectivity index is 2.61. The number of hydrogen-bond acceptors (Lipinski definition) is 3. The average Bonchev–Trinajstić information content (AvgIpc) is 2.85. The molecule has 1 unspecified atom stereocenters. The number of hydrogen-bond donors (Lipinski definition) is 1. The van der Waals surface area contributed by atoms with Crippen molar-refractivity contribution >= 4 is 6.08 Å². The van der Waals surface area contributed by atoms with Gasteiger partial charge in [-0.15, -0.1) is 0 Å². The van der Waals surface area contributed by atoms with Gasteiger partial charge in [-0.2, -0.15) is 0 Å². The van der Waals surface area contributed by atoms with Gasteiger partial charge in [0, 0.05) is 8.22 Å². The predicted molar refractivity (Wildman–Crippen MR) is 67.1 cm³/mol. The normalized spacial score (nSPS) is 33.1. The van der Waals surface area contributed by atoms with Crippen LogP contribution in [0.25, 0.3) is 6.08 Å². The molecule has 1 atom stereocenters. The molecule has 2 rings (SSSR count). The van der Waals surface area contributed by atoms with Crippen LogP contribution < -0.4 is 9.47 Å². The molecule has 0 spiro atoms. The highest BCUT2D eigenvalue weighted by Gasteiger charge is 2.19. The van der Waals surface area contributed by atoms with E-state index in [4.69, 9.17) is 25.9 Å². The molecule has 0 bridgehead atoms. The summed E-state index contributed by atoms with van der Waals surface area (Å²) in [5, 5.41) is 10.5. The molecule has 1 aliphatic heterocycles. The summed E-state index contributed by atoms with van der Waals surface area (Å²) >= 11 is 0. The monoisotopic (exact) mass is 246 g/mol. The Morgan fingerprint density at radius 2 is 2.35 bits per heavy atom. The Labute approximate surface area is 119 Å². The first kappa shape index (κ1) is 4.02. The molecule has 1 aromatic rings. The van der Waals surface area contributed by atoms with E-state index in [-0.39, 0.29) is 0 Å². The number of fused-ring (bicyclic) bond motifs is 1. The molecule has 17 heavy (non-hydrogen) atoms. The second-order valence-corrected chi connectivity index (χ2v) is 3.58. The predicted octanol–water partition coefficient (Wildman–Crippen LogP) is 2.84. The van der Waals surface area contributed by atoms with E-state index in [1.165, 1.54) is 0 Å². The summed E-state index contributed by atoms with van der Waals surface area (Å²) < 4.78 is 101. The number of aliphatic hydroxyl groups is 1. The van der Waals surface area contributed by atoms with E-state index in [0.717, 1.165) is 6.08 Å². The first-order valence-electron chi connectivity index (χ1n) is 10.7. The highest BCUT2D eigenvalue weighted by molar-refractivity contribution is 5.56. The van der Waals surface area contributed by atoms with Gasteiger partial charge in [-0.3, -0.25) is 0 Å². The summed E-state index contributed by atoms with van der Waals surface area (Å²) in [5.41, 5.74) is -3.34. The molecule has 0 aromatic heterocycles. The third kappa shape index (κ3) is 2.80. The van der Waals surface area contributed by atoms with E-state index in [2.05, 4.69) is 0 Å². The Morgan fingerprint density at radius 1 is 1.59 bits per heavy atom. The molecule has 0 radical (unpaired) electrons. The van der Waals surface area contributed by atoms with Crippen LogP contribution in [0.3, 0.4) is 0 Å². The fraction of sp³-hybridized carbons (Fsp3) is 0.429. The Kier molecular flexibility index (Phi) is 1.04. The lowest BCUT2D eigenvalue weighted by Crippen LogP contribution is -2.23. The van der Waals surface area contributed by atoms with Crippen molar-refractivity contribution in [1.82, 2.24) is 0 Å². The first-order valence-corrected chi connectivity index (χ1v) is 4.70. The molecule has 0 amide bonds. The van der Waals surface area contributed by atoms with Gasteiger partial charge in [0.2, 0.25) is 6.75 Å². The van der Waals surface area contributed by atoms with Crippen molar-refractivity contribution in [1.29, 1.82) is 0 Å². The molecule has 0 saturated heterocycles. The Morgan fingerprint density at radius 3 is 3.12 bits per heavy atom. The lowest BCUT2D eigenvalue weighted by atomic mass is 9.89. The van der Waals surface area contributed by atoms with Crippen molar-refractivity contribution in [2.45, 2.75) is 26.7 Å². The maximum atomic E-state index is 10.5. The molecule has 0 saturated carbocycles. The average molecular weight is 246 g/mol. The third-order valence-electron chi connectivity index (χ3n) is 1.97. The third-order valence-corrected chi connectivity index (χ3v) is 1.97. The zero-order valence-electron chi connectivity index (χ0n) is 20.9. The molecular formula is C14H18O3.